The van der Waals surface area contributed by atoms with Crippen molar-refractivity contribution < 1.29 is 9.53 Å². The van der Waals surface area contributed by atoms with E-state index in [2.05, 4.69) is 29.2 Å². The predicted molar refractivity (Wildman–Crippen MR) is 92.6 cm³/mol. The highest BCUT2D eigenvalue weighted by Crippen LogP contribution is 2.34. The molecule has 0 radical (unpaired) electrons. The van der Waals surface area contributed by atoms with Crippen LogP contribution in [0.25, 0.3) is 0 Å². The summed E-state index contributed by atoms with van der Waals surface area (Å²) in [6, 6.07) is 14.1. The predicted octanol–water partition coefficient (Wildman–Crippen LogP) is 3.17. The van der Waals surface area contributed by atoms with Gasteiger partial charge in [-0.15, -0.1) is 0 Å². The monoisotopic (exact) mass is 328 g/mol. The van der Waals surface area contributed by atoms with Crippen molar-refractivity contribution >= 4 is 17.7 Å². The number of hydrogen-bond acceptors (Lipinski definition) is 4. The van der Waals surface area contributed by atoms with Gasteiger partial charge in [-0.3, -0.25) is 9.78 Å². The molecule has 1 aromatic carbocycles. The van der Waals surface area contributed by atoms with Gasteiger partial charge in [0.1, 0.15) is 5.75 Å². The molecule has 0 spiro atoms. The van der Waals surface area contributed by atoms with E-state index in [1.54, 1.807) is 18.5 Å². The molecule has 1 unspecified atom stereocenters. The van der Waals surface area contributed by atoms with Crippen LogP contribution in [0.2, 0.25) is 0 Å². The summed E-state index contributed by atoms with van der Waals surface area (Å²) in [5.41, 5.74) is 1.35. The van der Waals surface area contributed by atoms with Crippen LogP contribution in [-0.4, -0.2) is 41.2 Å². The first-order valence-electron chi connectivity index (χ1n) is 7.80. The maximum atomic E-state index is 12.3. The second-order valence-corrected chi connectivity index (χ2v) is 6.73. The van der Waals surface area contributed by atoms with Gasteiger partial charge in [0.25, 0.3) is 5.91 Å². The Morgan fingerprint density at radius 1 is 1.22 bits per heavy atom. The van der Waals surface area contributed by atoms with Gasteiger partial charge in [-0.25, -0.2) is 0 Å². The molecule has 2 heterocycles. The van der Waals surface area contributed by atoms with E-state index in [1.807, 2.05) is 28.8 Å². The SMILES string of the molecule is O=C(COc1cccnc1)N1CCSC(c2ccccc2)CC1. The molecule has 5 heteroatoms. The third kappa shape index (κ3) is 4.48. The average Bonchev–Trinajstić information content (AvgIpc) is 2.87. The van der Waals surface area contributed by atoms with Crippen molar-refractivity contribution in [1.82, 2.24) is 9.88 Å². The Morgan fingerprint density at radius 2 is 2.09 bits per heavy atom. The van der Waals surface area contributed by atoms with Crippen molar-refractivity contribution in [3.8, 4) is 5.75 Å². The van der Waals surface area contributed by atoms with Crippen molar-refractivity contribution in [3.05, 3.63) is 60.4 Å². The fourth-order valence-electron chi connectivity index (χ4n) is 2.62. The van der Waals surface area contributed by atoms with Crippen molar-refractivity contribution in [2.24, 2.45) is 0 Å². The Bertz CT molecular complexity index is 621. The highest BCUT2D eigenvalue weighted by Gasteiger charge is 2.22. The number of nitrogens with zero attached hydrogens (tertiary/aromatic N) is 2. The first-order valence-corrected chi connectivity index (χ1v) is 8.85. The molecule has 1 aliphatic rings. The Labute approximate surface area is 140 Å². The molecule has 0 saturated carbocycles. The standard InChI is InChI=1S/C18H20N2O2S/c21-18(14-22-16-7-4-9-19-13-16)20-10-8-17(23-12-11-20)15-5-2-1-3-6-15/h1-7,9,13,17H,8,10-12,14H2. The number of carbonyl (C=O) groups is 1. The Hall–Kier alpha value is -2.01. The summed E-state index contributed by atoms with van der Waals surface area (Å²) < 4.78 is 5.51. The highest BCUT2D eigenvalue weighted by molar-refractivity contribution is 7.99. The van der Waals surface area contributed by atoms with E-state index in [1.165, 1.54) is 5.56 Å². The Balaban J connectivity index is 1.52. The second kappa shape index (κ2) is 8.02. The first kappa shape index (κ1) is 15.9. The van der Waals surface area contributed by atoms with Crippen LogP contribution in [0, 0.1) is 0 Å². The van der Waals surface area contributed by atoms with Gasteiger partial charge in [0, 0.05) is 30.3 Å². The van der Waals surface area contributed by atoms with Crippen LogP contribution in [0.1, 0.15) is 17.2 Å². The van der Waals surface area contributed by atoms with Crippen LogP contribution in [0.5, 0.6) is 5.75 Å². The van der Waals surface area contributed by atoms with E-state index < -0.39 is 0 Å². The number of hydrogen-bond donors (Lipinski definition) is 0. The molecule has 120 valence electrons. The van der Waals surface area contributed by atoms with Gasteiger partial charge in [-0.05, 0) is 24.1 Å². The summed E-state index contributed by atoms with van der Waals surface area (Å²) in [5.74, 6) is 1.63. The Morgan fingerprint density at radius 3 is 2.87 bits per heavy atom. The van der Waals surface area contributed by atoms with E-state index in [4.69, 9.17) is 4.74 Å². The number of carbonyl (C=O) groups excluding carboxylic acids is 1. The summed E-state index contributed by atoms with van der Waals surface area (Å²) in [5, 5.41) is 0.466. The minimum atomic E-state index is 0.0446. The maximum absolute atomic E-state index is 12.3. The lowest BCUT2D eigenvalue weighted by Gasteiger charge is -2.20. The zero-order chi connectivity index (χ0) is 15.9. The third-order valence-electron chi connectivity index (χ3n) is 3.86. The van der Waals surface area contributed by atoms with Crippen LogP contribution < -0.4 is 4.74 Å². The third-order valence-corrected chi connectivity index (χ3v) is 5.19. The van der Waals surface area contributed by atoms with Crippen LogP contribution in [0.3, 0.4) is 0 Å². The van der Waals surface area contributed by atoms with Crippen molar-refractivity contribution in [1.29, 1.82) is 0 Å². The molecule has 2 aromatic rings. The summed E-state index contributed by atoms with van der Waals surface area (Å²) in [6.45, 7) is 1.64. The van der Waals surface area contributed by atoms with Gasteiger partial charge in [-0.2, -0.15) is 11.8 Å². The van der Waals surface area contributed by atoms with Crippen LogP contribution in [-0.2, 0) is 4.79 Å². The van der Waals surface area contributed by atoms with Crippen LogP contribution in [0.15, 0.2) is 54.9 Å². The topological polar surface area (TPSA) is 42.4 Å². The van der Waals surface area contributed by atoms with Gasteiger partial charge in [0.05, 0.1) is 6.20 Å². The van der Waals surface area contributed by atoms with E-state index in [0.29, 0.717) is 11.0 Å². The zero-order valence-corrected chi connectivity index (χ0v) is 13.7. The average molecular weight is 328 g/mol. The fraction of sp³-hybridized carbons (Fsp3) is 0.333. The normalized spacial score (nSPS) is 18.3. The lowest BCUT2D eigenvalue weighted by atomic mass is 10.1. The van der Waals surface area contributed by atoms with Crippen molar-refractivity contribution in [2.75, 3.05) is 25.4 Å². The van der Waals surface area contributed by atoms with E-state index >= 15 is 0 Å². The summed E-state index contributed by atoms with van der Waals surface area (Å²) in [4.78, 5) is 18.2. The molecule has 1 fully saturated rings. The fourth-order valence-corrected chi connectivity index (χ4v) is 3.85. The van der Waals surface area contributed by atoms with Gasteiger partial charge in [0.15, 0.2) is 6.61 Å². The van der Waals surface area contributed by atoms with Crippen LogP contribution >= 0.6 is 11.8 Å². The van der Waals surface area contributed by atoms with E-state index in [0.717, 1.165) is 25.3 Å². The number of rotatable bonds is 4. The molecular formula is C18H20N2O2S. The van der Waals surface area contributed by atoms with Gasteiger partial charge in [0.2, 0.25) is 0 Å². The molecule has 0 N–H and O–H groups in total. The molecule has 4 nitrogen and oxygen atoms in total. The van der Waals surface area contributed by atoms with Gasteiger partial charge >= 0.3 is 0 Å². The largest absolute Gasteiger partial charge is 0.482 e. The quantitative estimate of drug-likeness (QED) is 0.864. The molecule has 1 aromatic heterocycles. The summed E-state index contributed by atoms with van der Waals surface area (Å²) in [6.07, 6.45) is 4.29. The summed E-state index contributed by atoms with van der Waals surface area (Å²) >= 11 is 1.93. The zero-order valence-electron chi connectivity index (χ0n) is 12.9. The number of thioether (sulfide) groups is 1. The molecule has 1 atom stereocenters. The van der Waals surface area contributed by atoms with Crippen molar-refractivity contribution in [3.63, 3.8) is 0 Å². The van der Waals surface area contributed by atoms with Gasteiger partial charge in [-0.1, -0.05) is 30.3 Å². The molecule has 1 aliphatic heterocycles. The number of amides is 1. The second-order valence-electron chi connectivity index (χ2n) is 5.42. The first-order chi connectivity index (χ1) is 11.3. The van der Waals surface area contributed by atoms with E-state index in [9.17, 15) is 4.79 Å². The molecule has 1 amide bonds. The minimum Gasteiger partial charge on any atom is -0.482 e. The smallest absolute Gasteiger partial charge is 0.260 e. The molecule has 3 rings (SSSR count). The number of ether oxygens (including phenoxy) is 1. The summed E-state index contributed by atoms with van der Waals surface area (Å²) in [7, 11) is 0. The van der Waals surface area contributed by atoms with Crippen LogP contribution in [0.4, 0.5) is 0 Å². The number of benzene rings is 1. The molecular weight excluding hydrogens is 308 g/mol. The lowest BCUT2D eigenvalue weighted by Crippen LogP contribution is -2.36. The lowest BCUT2D eigenvalue weighted by molar-refractivity contribution is -0.133. The minimum absolute atomic E-state index is 0.0446. The number of pyridine rings is 1. The molecule has 1 saturated heterocycles. The highest BCUT2D eigenvalue weighted by atomic mass is 32.2. The molecule has 0 aliphatic carbocycles. The maximum Gasteiger partial charge on any atom is 0.260 e. The molecule has 23 heavy (non-hydrogen) atoms. The van der Waals surface area contributed by atoms with Gasteiger partial charge < -0.3 is 9.64 Å². The van der Waals surface area contributed by atoms with Crippen molar-refractivity contribution in [2.45, 2.75) is 11.7 Å². The number of aromatic nitrogens is 1. The Kier molecular flexibility index (Phi) is 5.53. The van der Waals surface area contributed by atoms with E-state index in [-0.39, 0.29) is 12.5 Å². The molecule has 0 bridgehead atoms.